The molecule has 0 fully saturated rings. The second kappa shape index (κ2) is 7.49. The van der Waals surface area contributed by atoms with Crippen LogP contribution in [0.15, 0.2) is 30.5 Å². The number of hydrogen-bond donors (Lipinski definition) is 1. The van der Waals surface area contributed by atoms with E-state index in [0.717, 1.165) is 60.0 Å². The van der Waals surface area contributed by atoms with Crippen molar-refractivity contribution in [2.45, 2.75) is 39.2 Å². The summed E-state index contributed by atoms with van der Waals surface area (Å²) in [5.41, 5.74) is 3.03. The first-order valence-electron chi connectivity index (χ1n) is 8.67. The zero-order valence-corrected chi connectivity index (χ0v) is 15.5. The van der Waals surface area contributed by atoms with Crippen molar-refractivity contribution < 1.29 is 8.42 Å². The fourth-order valence-corrected chi connectivity index (χ4v) is 3.63. The maximum atomic E-state index is 11.2. The van der Waals surface area contributed by atoms with Crippen molar-refractivity contribution in [3.8, 4) is 0 Å². The van der Waals surface area contributed by atoms with Gasteiger partial charge in [0.1, 0.15) is 11.3 Å². The van der Waals surface area contributed by atoms with Gasteiger partial charge in [-0.2, -0.15) is 0 Å². The topological polar surface area (TPSA) is 76.9 Å². The van der Waals surface area contributed by atoms with Crippen molar-refractivity contribution in [1.82, 2.24) is 19.3 Å². The van der Waals surface area contributed by atoms with Gasteiger partial charge in [0, 0.05) is 24.9 Å². The Morgan fingerprint density at radius 2 is 1.96 bits per heavy atom. The van der Waals surface area contributed by atoms with Crippen LogP contribution in [0.2, 0.25) is 0 Å². The minimum Gasteiger partial charge on any atom is -0.327 e. The van der Waals surface area contributed by atoms with Crippen molar-refractivity contribution in [3.05, 3.63) is 36.3 Å². The summed E-state index contributed by atoms with van der Waals surface area (Å²) in [7, 11) is -3.12. The summed E-state index contributed by atoms with van der Waals surface area (Å²) >= 11 is 0. The van der Waals surface area contributed by atoms with Gasteiger partial charge >= 0.3 is 0 Å². The minimum atomic E-state index is -3.12. The second-order valence-electron chi connectivity index (χ2n) is 6.31. The first kappa shape index (κ1) is 17.8. The second-order valence-corrected chi connectivity index (χ2v) is 8.15. The Balaban J connectivity index is 1.88. The highest BCUT2D eigenvalue weighted by Gasteiger charge is 2.13. The molecular formula is C18H24N4O2S. The average Bonchev–Trinajstić information content (AvgIpc) is 2.92. The third kappa shape index (κ3) is 4.16. The average molecular weight is 360 g/mol. The molecule has 3 rings (SSSR count). The summed E-state index contributed by atoms with van der Waals surface area (Å²) < 4.78 is 27.1. The van der Waals surface area contributed by atoms with E-state index < -0.39 is 10.0 Å². The lowest BCUT2D eigenvalue weighted by Crippen LogP contribution is -2.23. The van der Waals surface area contributed by atoms with Crippen LogP contribution in [0.25, 0.3) is 21.9 Å². The number of hydrogen-bond acceptors (Lipinski definition) is 4. The number of nitrogens with zero attached hydrogens (tertiary/aromatic N) is 3. The number of nitrogens with one attached hydrogen (secondary N) is 1. The number of imidazole rings is 1. The predicted molar refractivity (Wildman–Crippen MR) is 101 cm³/mol. The maximum absolute atomic E-state index is 11.2. The van der Waals surface area contributed by atoms with Gasteiger partial charge in [-0.15, -0.1) is 0 Å². The summed E-state index contributed by atoms with van der Waals surface area (Å²) in [5.74, 6) is 1.08. The molecule has 25 heavy (non-hydrogen) atoms. The first-order valence-corrected chi connectivity index (χ1v) is 10.6. The number of aromatic nitrogens is 3. The Kier molecular flexibility index (Phi) is 5.34. The van der Waals surface area contributed by atoms with Gasteiger partial charge in [0.05, 0.1) is 23.5 Å². The molecule has 0 saturated carbocycles. The molecule has 0 aliphatic carbocycles. The SMILES string of the molecule is CCCc1nc2cnc3ccccc3c2n1CCCCNS(C)(=O)=O. The molecular weight excluding hydrogens is 336 g/mol. The molecule has 0 aliphatic rings. The molecule has 0 saturated heterocycles. The van der Waals surface area contributed by atoms with Crippen LogP contribution in [0.5, 0.6) is 0 Å². The standard InChI is InChI=1S/C18H24N4O2S/c1-3-8-17-21-16-13-19-15-10-5-4-9-14(15)18(16)22(17)12-7-6-11-20-25(2,23)24/h4-5,9-10,13,20H,3,6-8,11-12H2,1-2H3. The molecule has 1 aromatic carbocycles. The lowest BCUT2D eigenvalue weighted by atomic mass is 10.2. The highest BCUT2D eigenvalue weighted by Crippen LogP contribution is 2.25. The van der Waals surface area contributed by atoms with E-state index in [4.69, 9.17) is 4.98 Å². The largest absolute Gasteiger partial charge is 0.327 e. The fraction of sp³-hybridized carbons (Fsp3) is 0.444. The quantitative estimate of drug-likeness (QED) is 0.627. The van der Waals surface area contributed by atoms with Crippen LogP contribution in [0.3, 0.4) is 0 Å². The van der Waals surface area contributed by atoms with Crippen molar-refractivity contribution in [1.29, 1.82) is 0 Å². The van der Waals surface area contributed by atoms with Crippen LogP contribution < -0.4 is 4.72 Å². The van der Waals surface area contributed by atoms with Crippen molar-refractivity contribution in [2.24, 2.45) is 0 Å². The van der Waals surface area contributed by atoms with Crippen LogP contribution in [-0.4, -0.2) is 35.8 Å². The van der Waals surface area contributed by atoms with Gasteiger partial charge in [-0.05, 0) is 25.3 Å². The summed E-state index contributed by atoms with van der Waals surface area (Å²) in [6, 6.07) is 8.12. The Bertz CT molecular complexity index is 979. The van der Waals surface area contributed by atoms with Gasteiger partial charge in [0.25, 0.3) is 0 Å². The zero-order chi connectivity index (χ0) is 17.9. The molecule has 7 heteroatoms. The molecule has 0 atom stereocenters. The molecule has 3 aromatic rings. The van der Waals surface area contributed by atoms with E-state index in [-0.39, 0.29) is 0 Å². The molecule has 134 valence electrons. The van der Waals surface area contributed by atoms with Gasteiger partial charge in [-0.25, -0.2) is 18.1 Å². The van der Waals surface area contributed by atoms with Gasteiger partial charge in [0.2, 0.25) is 10.0 Å². The Labute approximate surface area is 148 Å². The minimum absolute atomic E-state index is 0.469. The van der Waals surface area contributed by atoms with Gasteiger partial charge in [-0.1, -0.05) is 25.1 Å². The molecule has 1 N–H and O–H groups in total. The molecule has 2 heterocycles. The Morgan fingerprint density at radius 3 is 2.72 bits per heavy atom. The zero-order valence-electron chi connectivity index (χ0n) is 14.7. The molecule has 0 aliphatic heterocycles. The normalized spacial score (nSPS) is 12.2. The molecule has 6 nitrogen and oxygen atoms in total. The third-order valence-electron chi connectivity index (χ3n) is 4.21. The van der Waals surface area contributed by atoms with Gasteiger partial charge in [-0.3, -0.25) is 4.98 Å². The summed E-state index contributed by atoms with van der Waals surface area (Å²) in [5, 5.41) is 1.11. The number of aryl methyl sites for hydroxylation is 2. The van der Waals surface area contributed by atoms with Crippen LogP contribution in [-0.2, 0) is 23.0 Å². The number of para-hydroxylation sites is 1. The lowest BCUT2D eigenvalue weighted by Gasteiger charge is -2.10. The van der Waals surface area contributed by atoms with E-state index >= 15 is 0 Å². The van der Waals surface area contributed by atoms with E-state index in [1.165, 1.54) is 6.26 Å². The van der Waals surface area contributed by atoms with Crippen molar-refractivity contribution in [3.63, 3.8) is 0 Å². The van der Waals surface area contributed by atoms with Crippen molar-refractivity contribution >= 4 is 32.0 Å². The number of benzene rings is 1. The monoisotopic (exact) mass is 360 g/mol. The van der Waals surface area contributed by atoms with Gasteiger partial charge < -0.3 is 4.57 Å². The van der Waals surface area contributed by atoms with E-state index in [2.05, 4.69) is 27.3 Å². The molecule has 0 unspecified atom stereocenters. The van der Waals surface area contributed by atoms with Crippen LogP contribution in [0, 0.1) is 0 Å². The number of unbranched alkanes of at least 4 members (excludes halogenated alkanes) is 1. The first-order chi connectivity index (χ1) is 12.0. The van der Waals surface area contributed by atoms with E-state index in [1.54, 1.807) is 0 Å². The Morgan fingerprint density at radius 1 is 1.16 bits per heavy atom. The highest BCUT2D eigenvalue weighted by molar-refractivity contribution is 7.88. The summed E-state index contributed by atoms with van der Waals surface area (Å²) in [6.45, 7) is 3.44. The smallest absolute Gasteiger partial charge is 0.208 e. The van der Waals surface area contributed by atoms with Crippen LogP contribution in [0.1, 0.15) is 32.0 Å². The van der Waals surface area contributed by atoms with E-state index in [9.17, 15) is 8.42 Å². The molecule has 0 bridgehead atoms. The number of fused-ring (bicyclic) bond motifs is 3. The highest BCUT2D eigenvalue weighted by atomic mass is 32.2. The summed E-state index contributed by atoms with van der Waals surface area (Å²) in [6.07, 6.45) is 6.67. The molecule has 0 amide bonds. The molecule has 0 radical (unpaired) electrons. The van der Waals surface area contributed by atoms with Crippen molar-refractivity contribution in [2.75, 3.05) is 12.8 Å². The number of rotatable bonds is 8. The summed E-state index contributed by atoms with van der Waals surface area (Å²) in [4.78, 5) is 9.29. The predicted octanol–water partition coefficient (Wildman–Crippen LogP) is 2.87. The molecule has 2 aromatic heterocycles. The lowest BCUT2D eigenvalue weighted by molar-refractivity contribution is 0.567. The van der Waals surface area contributed by atoms with E-state index in [0.29, 0.717) is 6.54 Å². The third-order valence-corrected chi connectivity index (χ3v) is 4.93. The van der Waals surface area contributed by atoms with E-state index in [1.807, 2.05) is 24.4 Å². The number of pyridine rings is 1. The fourth-order valence-electron chi connectivity index (χ4n) is 3.12. The van der Waals surface area contributed by atoms with Gasteiger partial charge in [0.15, 0.2) is 0 Å². The maximum Gasteiger partial charge on any atom is 0.208 e. The number of sulfonamides is 1. The Hall–Kier alpha value is -1.99. The van der Waals surface area contributed by atoms with Crippen LogP contribution in [0.4, 0.5) is 0 Å². The van der Waals surface area contributed by atoms with Crippen LogP contribution >= 0.6 is 0 Å². The molecule has 0 spiro atoms.